The van der Waals surface area contributed by atoms with E-state index in [0.29, 0.717) is 23.8 Å². The Balaban J connectivity index is 2.72. The van der Waals surface area contributed by atoms with E-state index in [9.17, 15) is 9.50 Å². The number of rotatable bonds is 5. The number of hydrogen-bond donors (Lipinski definition) is 1. The quantitative estimate of drug-likeness (QED) is 0.834. The van der Waals surface area contributed by atoms with Gasteiger partial charge in [0.2, 0.25) is 0 Å². The number of aliphatic hydroxyl groups is 1. The molecule has 2 nitrogen and oxygen atoms in total. The van der Waals surface area contributed by atoms with Crippen LogP contribution in [0.15, 0.2) is 18.2 Å². The first-order valence-electron chi connectivity index (χ1n) is 5.61. The first-order valence-corrected chi connectivity index (χ1v) is 5.61. The number of halogens is 1. The van der Waals surface area contributed by atoms with Crippen LogP contribution in [0.3, 0.4) is 0 Å². The normalized spacial score (nSPS) is 12.9. The molecule has 0 unspecified atom stereocenters. The number of benzene rings is 1. The molecule has 0 spiro atoms. The van der Waals surface area contributed by atoms with Crippen molar-refractivity contribution in [1.29, 1.82) is 0 Å². The largest absolute Gasteiger partial charge is 0.493 e. The van der Waals surface area contributed by atoms with Crippen LogP contribution in [0, 0.1) is 11.7 Å². The summed E-state index contributed by atoms with van der Waals surface area (Å²) in [6, 6.07) is 4.21. The molecule has 1 rings (SSSR count). The lowest BCUT2D eigenvalue weighted by molar-refractivity contribution is 0.189. The smallest absolute Gasteiger partial charge is 0.127 e. The van der Waals surface area contributed by atoms with Gasteiger partial charge in [-0.3, -0.25) is 0 Å². The molecule has 0 radical (unpaired) electrons. The van der Waals surface area contributed by atoms with Gasteiger partial charge in [-0.05, 0) is 31.4 Å². The molecular weight excluding hydrogens is 207 g/mol. The van der Waals surface area contributed by atoms with E-state index in [1.54, 1.807) is 13.0 Å². The molecule has 3 heteroatoms. The van der Waals surface area contributed by atoms with E-state index in [1.165, 1.54) is 12.1 Å². The van der Waals surface area contributed by atoms with E-state index in [2.05, 4.69) is 13.8 Å². The fourth-order valence-electron chi connectivity index (χ4n) is 1.38. The van der Waals surface area contributed by atoms with Crippen LogP contribution in [-0.4, -0.2) is 11.7 Å². The minimum absolute atomic E-state index is 0.344. The zero-order chi connectivity index (χ0) is 12.1. The van der Waals surface area contributed by atoms with Crippen molar-refractivity contribution in [2.24, 2.45) is 5.92 Å². The third-order valence-electron chi connectivity index (χ3n) is 2.38. The van der Waals surface area contributed by atoms with Crippen LogP contribution in [0.4, 0.5) is 4.39 Å². The summed E-state index contributed by atoms with van der Waals surface area (Å²) < 4.78 is 18.5. The van der Waals surface area contributed by atoms with Gasteiger partial charge in [-0.2, -0.15) is 0 Å². The van der Waals surface area contributed by atoms with E-state index >= 15 is 0 Å². The lowest BCUT2D eigenvalue weighted by Crippen LogP contribution is -2.05. The third kappa shape index (κ3) is 3.81. The SMILES string of the molecule is CC(C)CCOc1cc(F)ccc1[C@@H](C)O. The fraction of sp³-hybridized carbons (Fsp3) is 0.538. The maximum absolute atomic E-state index is 13.0. The Hall–Kier alpha value is -1.09. The van der Waals surface area contributed by atoms with Crippen molar-refractivity contribution in [2.45, 2.75) is 33.3 Å². The van der Waals surface area contributed by atoms with Gasteiger partial charge in [-0.1, -0.05) is 13.8 Å². The van der Waals surface area contributed by atoms with E-state index < -0.39 is 6.10 Å². The topological polar surface area (TPSA) is 29.5 Å². The number of aliphatic hydroxyl groups excluding tert-OH is 1. The highest BCUT2D eigenvalue weighted by Crippen LogP contribution is 2.26. The summed E-state index contributed by atoms with van der Waals surface area (Å²) in [6.45, 7) is 6.39. The lowest BCUT2D eigenvalue weighted by Gasteiger charge is -2.14. The van der Waals surface area contributed by atoms with Gasteiger partial charge in [-0.25, -0.2) is 4.39 Å². The molecule has 0 aromatic heterocycles. The first kappa shape index (κ1) is 13.0. The van der Waals surface area contributed by atoms with Gasteiger partial charge in [0, 0.05) is 11.6 Å². The summed E-state index contributed by atoms with van der Waals surface area (Å²) in [5.41, 5.74) is 0.630. The summed E-state index contributed by atoms with van der Waals surface area (Å²) >= 11 is 0. The van der Waals surface area contributed by atoms with Gasteiger partial charge >= 0.3 is 0 Å². The average molecular weight is 226 g/mol. The summed E-state index contributed by atoms with van der Waals surface area (Å²) in [7, 11) is 0. The number of ether oxygens (including phenoxy) is 1. The fourth-order valence-corrected chi connectivity index (χ4v) is 1.38. The summed E-state index contributed by atoms with van der Waals surface area (Å²) in [4.78, 5) is 0. The van der Waals surface area contributed by atoms with Crippen molar-refractivity contribution in [2.75, 3.05) is 6.61 Å². The third-order valence-corrected chi connectivity index (χ3v) is 2.38. The second-order valence-electron chi connectivity index (χ2n) is 4.39. The van der Waals surface area contributed by atoms with E-state index in [1.807, 2.05) is 0 Å². The monoisotopic (exact) mass is 226 g/mol. The molecular formula is C13H19FO2. The average Bonchev–Trinajstić information content (AvgIpc) is 2.16. The van der Waals surface area contributed by atoms with E-state index in [-0.39, 0.29) is 5.82 Å². The number of hydrogen-bond acceptors (Lipinski definition) is 2. The van der Waals surface area contributed by atoms with Crippen LogP contribution in [0.5, 0.6) is 5.75 Å². The Bertz CT molecular complexity index is 335. The molecule has 0 bridgehead atoms. The van der Waals surface area contributed by atoms with Crippen molar-refractivity contribution in [3.05, 3.63) is 29.6 Å². The molecule has 16 heavy (non-hydrogen) atoms. The van der Waals surface area contributed by atoms with Crippen molar-refractivity contribution in [3.8, 4) is 5.75 Å². The van der Waals surface area contributed by atoms with Crippen molar-refractivity contribution < 1.29 is 14.2 Å². The standard InChI is InChI=1S/C13H19FO2/c1-9(2)6-7-16-13-8-11(14)4-5-12(13)10(3)15/h4-5,8-10,15H,6-7H2,1-3H3/t10-/m1/s1. The second-order valence-corrected chi connectivity index (χ2v) is 4.39. The molecule has 1 aromatic carbocycles. The molecule has 0 aliphatic rings. The van der Waals surface area contributed by atoms with E-state index in [0.717, 1.165) is 6.42 Å². The molecule has 0 amide bonds. The van der Waals surface area contributed by atoms with Gasteiger partial charge in [0.1, 0.15) is 11.6 Å². The second kappa shape index (κ2) is 5.85. The zero-order valence-electron chi connectivity index (χ0n) is 10.0. The van der Waals surface area contributed by atoms with Gasteiger partial charge in [0.15, 0.2) is 0 Å². The Labute approximate surface area is 96.1 Å². The molecule has 0 aliphatic carbocycles. The molecule has 1 N–H and O–H groups in total. The Morgan fingerprint density at radius 3 is 2.56 bits per heavy atom. The van der Waals surface area contributed by atoms with Crippen molar-refractivity contribution in [3.63, 3.8) is 0 Å². The highest BCUT2D eigenvalue weighted by atomic mass is 19.1. The molecule has 0 saturated heterocycles. The predicted octanol–water partition coefficient (Wildman–Crippen LogP) is 3.30. The van der Waals surface area contributed by atoms with Gasteiger partial charge in [0.05, 0.1) is 12.7 Å². The molecule has 0 saturated carbocycles. The minimum atomic E-state index is -0.644. The van der Waals surface area contributed by atoms with Crippen LogP contribution in [-0.2, 0) is 0 Å². The Morgan fingerprint density at radius 2 is 2.00 bits per heavy atom. The summed E-state index contributed by atoms with van der Waals surface area (Å²) in [5.74, 6) is 0.642. The molecule has 90 valence electrons. The van der Waals surface area contributed by atoms with Gasteiger partial charge < -0.3 is 9.84 Å². The van der Waals surface area contributed by atoms with Gasteiger partial charge in [0.25, 0.3) is 0 Å². The van der Waals surface area contributed by atoms with Crippen LogP contribution < -0.4 is 4.74 Å². The van der Waals surface area contributed by atoms with Crippen LogP contribution in [0.1, 0.15) is 38.9 Å². The molecule has 0 fully saturated rings. The molecule has 1 aromatic rings. The highest BCUT2D eigenvalue weighted by Gasteiger charge is 2.10. The summed E-state index contributed by atoms with van der Waals surface area (Å²) in [6.07, 6.45) is 0.269. The van der Waals surface area contributed by atoms with Crippen molar-refractivity contribution in [1.82, 2.24) is 0 Å². The van der Waals surface area contributed by atoms with Crippen LogP contribution >= 0.6 is 0 Å². The molecule has 0 heterocycles. The first-order chi connectivity index (χ1) is 7.50. The predicted molar refractivity (Wildman–Crippen MR) is 62.0 cm³/mol. The lowest BCUT2D eigenvalue weighted by atomic mass is 10.1. The zero-order valence-corrected chi connectivity index (χ0v) is 10.0. The maximum Gasteiger partial charge on any atom is 0.127 e. The summed E-state index contributed by atoms with van der Waals surface area (Å²) in [5, 5.41) is 9.50. The van der Waals surface area contributed by atoms with Crippen LogP contribution in [0.25, 0.3) is 0 Å². The van der Waals surface area contributed by atoms with Gasteiger partial charge in [-0.15, -0.1) is 0 Å². The molecule has 0 aliphatic heterocycles. The highest BCUT2D eigenvalue weighted by molar-refractivity contribution is 5.35. The minimum Gasteiger partial charge on any atom is -0.493 e. The van der Waals surface area contributed by atoms with Crippen molar-refractivity contribution >= 4 is 0 Å². The Kier molecular flexibility index (Phi) is 4.74. The molecule has 1 atom stereocenters. The maximum atomic E-state index is 13.0. The van der Waals surface area contributed by atoms with Crippen LogP contribution in [0.2, 0.25) is 0 Å². The van der Waals surface area contributed by atoms with E-state index in [4.69, 9.17) is 4.74 Å². The Morgan fingerprint density at radius 1 is 1.31 bits per heavy atom.